The summed E-state index contributed by atoms with van der Waals surface area (Å²) in [5.41, 5.74) is 0.852. The lowest BCUT2D eigenvalue weighted by atomic mass is 10.1. The Morgan fingerprint density at radius 1 is 1.45 bits per heavy atom. The molecule has 0 spiro atoms. The van der Waals surface area contributed by atoms with Crippen LogP contribution < -0.4 is 5.32 Å². The predicted octanol–water partition coefficient (Wildman–Crippen LogP) is 0.147. The molecule has 1 aromatic heterocycles. The van der Waals surface area contributed by atoms with Crippen molar-refractivity contribution in [2.45, 2.75) is 25.8 Å². The van der Waals surface area contributed by atoms with Gasteiger partial charge in [-0.05, 0) is 25.0 Å². The third-order valence-electron chi connectivity index (χ3n) is 2.44. The number of pyridine rings is 1. The number of carboxylic acids is 1. The fourth-order valence-electron chi connectivity index (χ4n) is 1.48. The number of carbonyl (C=O) groups is 3. The maximum absolute atomic E-state index is 11.6. The van der Waals surface area contributed by atoms with Gasteiger partial charge in [-0.3, -0.25) is 9.78 Å². The summed E-state index contributed by atoms with van der Waals surface area (Å²) in [4.78, 5) is 37.8. The lowest BCUT2D eigenvalue weighted by Gasteiger charge is -2.13. The van der Waals surface area contributed by atoms with Crippen LogP contribution in [0.4, 0.5) is 0 Å². The van der Waals surface area contributed by atoms with E-state index in [1.807, 2.05) is 0 Å². The Kier molecular flexibility index (Phi) is 6.15. The number of carboxylic acid groups (broad SMARTS) is 1. The van der Waals surface area contributed by atoms with E-state index >= 15 is 0 Å². The molecule has 0 aliphatic rings. The highest BCUT2D eigenvalue weighted by Crippen LogP contribution is 2.01. The first-order valence-electron chi connectivity index (χ1n) is 6.12. The minimum Gasteiger partial charge on any atom is -0.479 e. The molecule has 0 aliphatic carbocycles. The summed E-state index contributed by atoms with van der Waals surface area (Å²) >= 11 is 0. The molecular weight excluding hydrogens is 264 g/mol. The van der Waals surface area contributed by atoms with Crippen LogP contribution >= 0.6 is 0 Å². The molecule has 0 bridgehead atoms. The third-order valence-corrected chi connectivity index (χ3v) is 2.44. The van der Waals surface area contributed by atoms with Crippen molar-refractivity contribution in [1.82, 2.24) is 10.3 Å². The van der Waals surface area contributed by atoms with Crippen molar-refractivity contribution >= 4 is 17.8 Å². The monoisotopic (exact) mass is 280 g/mol. The van der Waals surface area contributed by atoms with Crippen LogP contribution in [0, 0.1) is 0 Å². The number of nitrogens with one attached hydrogen (secondary N) is 1. The number of aromatic nitrogens is 1. The molecule has 1 amide bonds. The van der Waals surface area contributed by atoms with E-state index in [-0.39, 0.29) is 13.0 Å². The van der Waals surface area contributed by atoms with Gasteiger partial charge in [0, 0.05) is 18.8 Å². The Morgan fingerprint density at radius 2 is 2.20 bits per heavy atom. The van der Waals surface area contributed by atoms with Crippen molar-refractivity contribution in [3.63, 3.8) is 0 Å². The van der Waals surface area contributed by atoms with Crippen LogP contribution in [0.3, 0.4) is 0 Å². The predicted molar refractivity (Wildman–Crippen MR) is 68.8 cm³/mol. The number of amides is 1. The first kappa shape index (κ1) is 15.6. The zero-order valence-electron chi connectivity index (χ0n) is 11.0. The zero-order chi connectivity index (χ0) is 15.0. The molecule has 7 nitrogen and oxygen atoms in total. The standard InChI is InChI=1S/C13H16N2O5/c1-2-20-13(19)11(12(17)18)15-10(16)6-5-9-4-3-7-14-8-9/h3-4,7-8,11H,2,5-6H2,1H3,(H,15,16)(H,17,18). The van der Waals surface area contributed by atoms with Gasteiger partial charge in [0.15, 0.2) is 0 Å². The maximum atomic E-state index is 11.6. The van der Waals surface area contributed by atoms with Gasteiger partial charge in [-0.1, -0.05) is 6.07 Å². The Balaban J connectivity index is 2.50. The molecule has 1 rings (SSSR count). The second-order valence-corrected chi connectivity index (χ2v) is 3.95. The van der Waals surface area contributed by atoms with Gasteiger partial charge < -0.3 is 15.2 Å². The summed E-state index contributed by atoms with van der Waals surface area (Å²) in [5.74, 6) is -2.96. The largest absolute Gasteiger partial charge is 0.479 e. The van der Waals surface area contributed by atoms with Gasteiger partial charge in [0.25, 0.3) is 0 Å². The Morgan fingerprint density at radius 3 is 2.75 bits per heavy atom. The molecule has 1 unspecified atom stereocenters. The molecule has 1 heterocycles. The van der Waals surface area contributed by atoms with E-state index < -0.39 is 23.9 Å². The van der Waals surface area contributed by atoms with Crippen molar-refractivity contribution in [3.8, 4) is 0 Å². The van der Waals surface area contributed by atoms with Crippen LogP contribution in [0.15, 0.2) is 24.5 Å². The fourth-order valence-corrected chi connectivity index (χ4v) is 1.48. The Bertz CT molecular complexity index is 475. The quantitative estimate of drug-likeness (QED) is 0.544. The van der Waals surface area contributed by atoms with E-state index in [1.54, 1.807) is 31.5 Å². The van der Waals surface area contributed by atoms with Crippen molar-refractivity contribution in [2.24, 2.45) is 0 Å². The number of esters is 1. The van der Waals surface area contributed by atoms with Crippen molar-refractivity contribution in [1.29, 1.82) is 0 Å². The van der Waals surface area contributed by atoms with Crippen LogP contribution in [0.2, 0.25) is 0 Å². The number of hydrogen-bond donors (Lipinski definition) is 2. The summed E-state index contributed by atoms with van der Waals surface area (Å²) in [5, 5.41) is 11.0. The van der Waals surface area contributed by atoms with Gasteiger partial charge in [0.2, 0.25) is 11.9 Å². The van der Waals surface area contributed by atoms with Crippen LogP contribution in [0.1, 0.15) is 18.9 Å². The van der Waals surface area contributed by atoms with Crippen LogP contribution in [0.25, 0.3) is 0 Å². The van der Waals surface area contributed by atoms with E-state index in [2.05, 4.69) is 15.0 Å². The number of aryl methyl sites for hydroxylation is 1. The molecule has 1 atom stereocenters. The molecule has 0 fully saturated rings. The first-order valence-corrected chi connectivity index (χ1v) is 6.12. The molecule has 1 aromatic rings. The maximum Gasteiger partial charge on any atom is 0.340 e. The number of rotatable bonds is 7. The SMILES string of the molecule is CCOC(=O)C(NC(=O)CCc1cccnc1)C(=O)O. The summed E-state index contributed by atoms with van der Waals surface area (Å²) < 4.78 is 4.58. The van der Waals surface area contributed by atoms with Gasteiger partial charge in [-0.2, -0.15) is 0 Å². The number of nitrogens with zero attached hydrogens (tertiary/aromatic N) is 1. The lowest BCUT2D eigenvalue weighted by molar-refractivity contribution is -0.156. The molecule has 0 saturated heterocycles. The number of aliphatic carboxylic acids is 1. The van der Waals surface area contributed by atoms with E-state index in [0.717, 1.165) is 5.56 Å². The zero-order valence-corrected chi connectivity index (χ0v) is 11.0. The molecule has 0 saturated carbocycles. The van der Waals surface area contributed by atoms with Gasteiger partial charge in [-0.25, -0.2) is 9.59 Å². The molecule has 2 N–H and O–H groups in total. The molecule has 0 aromatic carbocycles. The van der Waals surface area contributed by atoms with E-state index in [0.29, 0.717) is 6.42 Å². The normalized spacial score (nSPS) is 11.4. The van der Waals surface area contributed by atoms with Crippen molar-refractivity contribution < 1.29 is 24.2 Å². The summed E-state index contributed by atoms with van der Waals surface area (Å²) in [6, 6.07) is 1.88. The van der Waals surface area contributed by atoms with Gasteiger partial charge in [0.1, 0.15) is 0 Å². The number of carbonyl (C=O) groups excluding carboxylic acids is 2. The van der Waals surface area contributed by atoms with Gasteiger partial charge in [-0.15, -0.1) is 0 Å². The first-order chi connectivity index (χ1) is 9.54. The van der Waals surface area contributed by atoms with Crippen LogP contribution in [0.5, 0.6) is 0 Å². The minimum absolute atomic E-state index is 0.0498. The molecule has 7 heteroatoms. The van der Waals surface area contributed by atoms with Crippen LogP contribution in [-0.2, 0) is 25.5 Å². The molecule has 108 valence electrons. The second-order valence-electron chi connectivity index (χ2n) is 3.95. The molecule has 0 radical (unpaired) electrons. The van der Waals surface area contributed by atoms with E-state index in [1.165, 1.54) is 0 Å². The number of hydrogen-bond acceptors (Lipinski definition) is 5. The van der Waals surface area contributed by atoms with Gasteiger partial charge in [0.05, 0.1) is 6.61 Å². The summed E-state index contributed by atoms with van der Waals surface area (Å²) in [7, 11) is 0. The molecule has 20 heavy (non-hydrogen) atoms. The van der Waals surface area contributed by atoms with Crippen molar-refractivity contribution in [3.05, 3.63) is 30.1 Å². The third kappa shape index (κ3) is 5.05. The van der Waals surface area contributed by atoms with Crippen LogP contribution in [-0.4, -0.2) is 40.6 Å². The molecular formula is C13H16N2O5. The highest BCUT2D eigenvalue weighted by atomic mass is 16.5. The lowest BCUT2D eigenvalue weighted by Crippen LogP contribution is -2.47. The highest BCUT2D eigenvalue weighted by molar-refractivity contribution is 6.01. The highest BCUT2D eigenvalue weighted by Gasteiger charge is 2.29. The number of ether oxygens (including phenoxy) is 1. The summed E-state index contributed by atoms with van der Waals surface area (Å²) in [6.45, 7) is 1.61. The van der Waals surface area contributed by atoms with Crippen molar-refractivity contribution in [2.75, 3.05) is 6.61 Å². The van der Waals surface area contributed by atoms with E-state index in [4.69, 9.17) is 5.11 Å². The molecule has 0 aliphatic heterocycles. The second kappa shape index (κ2) is 7.88. The fraction of sp³-hybridized carbons (Fsp3) is 0.385. The van der Waals surface area contributed by atoms with E-state index in [9.17, 15) is 14.4 Å². The topological polar surface area (TPSA) is 106 Å². The average molecular weight is 280 g/mol. The summed E-state index contributed by atoms with van der Waals surface area (Å²) in [6.07, 6.45) is 3.71. The minimum atomic E-state index is -1.67. The Labute approximate surface area is 116 Å². The smallest absolute Gasteiger partial charge is 0.340 e. The van der Waals surface area contributed by atoms with Gasteiger partial charge >= 0.3 is 11.9 Å². The average Bonchev–Trinajstić information content (AvgIpc) is 2.43. The Hall–Kier alpha value is -2.44.